The summed E-state index contributed by atoms with van der Waals surface area (Å²) >= 11 is 5.01. The maximum atomic E-state index is 11.7. The summed E-state index contributed by atoms with van der Waals surface area (Å²) in [5.74, 6) is -0.298. The van der Waals surface area contributed by atoms with Crippen LogP contribution >= 0.6 is 12.2 Å². The summed E-state index contributed by atoms with van der Waals surface area (Å²) in [4.78, 5) is 11.7. The molecule has 0 atom stereocenters. The highest BCUT2D eigenvalue weighted by molar-refractivity contribution is 7.80. The summed E-state index contributed by atoms with van der Waals surface area (Å²) in [6, 6.07) is 2.18. The van der Waals surface area contributed by atoms with Crippen LogP contribution in [0.15, 0.2) is 6.07 Å². The Morgan fingerprint density at radius 2 is 2.24 bits per heavy atom. The van der Waals surface area contributed by atoms with Crippen molar-refractivity contribution in [2.24, 2.45) is 7.05 Å². The van der Waals surface area contributed by atoms with E-state index in [0.29, 0.717) is 16.8 Å². The van der Waals surface area contributed by atoms with Crippen LogP contribution < -0.4 is 16.2 Å². The predicted molar refractivity (Wildman–Crippen MR) is 67.3 cm³/mol. The third-order valence-electron chi connectivity index (χ3n) is 2.55. The lowest BCUT2D eigenvalue weighted by atomic mass is 10.3. The van der Waals surface area contributed by atoms with Gasteiger partial charge in [0.2, 0.25) is 0 Å². The van der Waals surface area contributed by atoms with Crippen molar-refractivity contribution in [1.82, 2.24) is 25.9 Å². The first-order valence-corrected chi connectivity index (χ1v) is 5.84. The Kier molecular flexibility index (Phi) is 3.28. The van der Waals surface area contributed by atoms with Gasteiger partial charge in [0.1, 0.15) is 0 Å². The topological polar surface area (TPSA) is 71.0 Å². The van der Waals surface area contributed by atoms with Crippen LogP contribution in [-0.2, 0) is 7.05 Å². The molecule has 1 aromatic rings. The Labute approximate surface area is 105 Å². The Morgan fingerprint density at radius 3 is 2.76 bits per heavy atom. The standard InChI is InChI=1S/C10H15N5OS/c1-6-5-8(14-15(6)2)9(16)12-13-10(17)11-7-3-4-7/h5,7H,3-4H2,1-2H3,(H,12,16)(H2,11,13,17). The van der Waals surface area contributed by atoms with Crippen molar-refractivity contribution in [3.63, 3.8) is 0 Å². The van der Waals surface area contributed by atoms with E-state index in [0.717, 1.165) is 18.5 Å². The lowest BCUT2D eigenvalue weighted by Crippen LogP contribution is -2.47. The van der Waals surface area contributed by atoms with E-state index in [-0.39, 0.29) is 5.91 Å². The third-order valence-corrected chi connectivity index (χ3v) is 2.77. The molecule has 7 heteroatoms. The van der Waals surface area contributed by atoms with Gasteiger partial charge < -0.3 is 5.32 Å². The summed E-state index contributed by atoms with van der Waals surface area (Å²) in [7, 11) is 1.79. The van der Waals surface area contributed by atoms with Gasteiger partial charge in [-0.1, -0.05) is 0 Å². The average Bonchev–Trinajstić information content (AvgIpc) is 3.02. The van der Waals surface area contributed by atoms with Gasteiger partial charge in [-0.3, -0.25) is 20.3 Å². The molecule has 3 N–H and O–H groups in total. The zero-order chi connectivity index (χ0) is 12.4. The van der Waals surface area contributed by atoms with Crippen molar-refractivity contribution in [2.75, 3.05) is 0 Å². The number of carbonyl (C=O) groups is 1. The van der Waals surface area contributed by atoms with Gasteiger partial charge in [0.15, 0.2) is 10.8 Å². The number of hydrazine groups is 1. The van der Waals surface area contributed by atoms with E-state index in [1.807, 2.05) is 6.92 Å². The average molecular weight is 253 g/mol. The van der Waals surface area contributed by atoms with Gasteiger partial charge in [0.25, 0.3) is 5.91 Å². The first-order valence-electron chi connectivity index (χ1n) is 5.44. The number of carbonyl (C=O) groups excluding carboxylic acids is 1. The molecule has 1 aliphatic rings. The fraction of sp³-hybridized carbons (Fsp3) is 0.500. The van der Waals surface area contributed by atoms with Crippen molar-refractivity contribution in [1.29, 1.82) is 0 Å². The molecule has 0 aromatic carbocycles. The van der Waals surface area contributed by atoms with Crippen LogP contribution in [0.1, 0.15) is 29.0 Å². The second-order valence-electron chi connectivity index (χ2n) is 4.12. The maximum Gasteiger partial charge on any atom is 0.290 e. The lowest BCUT2D eigenvalue weighted by Gasteiger charge is -2.09. The molecule has 1 aromatic heterocycles. The normalized spacial score (nSPS) is 14.2. The van der Waals surface area contributed by atoms with E-state index in [4.69, 9.17) is 12.2 Å². The highest BCUT2D eigenvalue weighted by atomic mass is 32.1. The second-order valence-corrected chi connectivity index (χ2v) is 4.53. The maximum absolute atomic E-state index is 11.7. The van der Waals surface area contributed by atoms with Gasteiger partial charge in [0, 0.05) is 18.8 Å². The highest BCUT2D eigenvalue weighted by Gasteiger charge is 2.21. The minimum atomic E-state index is -0.298. The molecule has 1 heterocycles. The highest BCUT2D eigenvalue weighted by Crippen LogP contribution is 2.18. The Balaban J connectivity index is 1.81. The van der Waals surface area contributed by atoms with Crippen LogP contribution in [0.25, 0.3) is 0 Å². The Morgan fingerprint density at radius 1 is 1.53 bits per heavy atom. The molecule has 2 rings (SSSR count). The van der Waals surface area contributed by atoms with E-state index >= 15 is 0 Å². The van der Waals surface area contributed by atoms with Crippen molar-refractivity contribution < 1.29 is 4.79 Å². The van der Waals surface area contributed by atoms with Gasteiger partial charge in [-0.15, -0.1) is 0 Å². The largest absolute Gasteiger partial charge is 0.359 e. The summed E-state index contributed by atoms with van der Waals surface area (Å²) in [5.41, 5.74) is 6.45. The summed E-state index contributed by atoms with van der Waals surface area (Å²) in [6.45, 7) is 1.89. The van der Waals surface area contributed by atoms with E-state index in [9.17, 15) is 4.79 Å². The smallest absolute Gasteiger partial charge is 0.290 e. The second kappa shape index (κ2) is 4.70. The molecule has 0 aliphatic heterocycles. The third kappa shape index (κ3) is 3.16. The number of nitrogens with zero attached hydrogens (tertiary/aromatic N) is 2. The molecule has 0 bridgehead atoms. The molecular formula is C10H15N5OS. The number of nitrogens with one attached hydrogen (secondary N) is 3. The van der Waals surface area contributed by atoms with E-state index in [1.54, 1.807) is 17.8 Å². The summed E-state index contributed by atoms with van der Waals surface area (Å²) in [6.07, 6.45) is 2.27. The van der Waals surface area contributed by atoms with Crippen molar-refractivity contribution >= 4 is 23.2 Å². The first kappa shape index (κ1) is 11.8. The van der Waals surface area contributed by atoms with Gasteiger partial charge in [-0.05, 0) is 38.0 Å². The van der Waals surface area contributed by atoms with E-state index < -0.39 is 0 Å². The SMILES string of the molecule is Cc1cc(C(=O)NNC(=S)NC2CC2)nn1C. The van der Waals surface area contributed by atoms with Gasteiger partial charge in [0.05, 0.1) is 0 Å². The summed E-state index contributed by atoms with van der Waals surface area (Å²) in [5, 5.41) is 7.56. The molecule has 17 heavy (non-hydrogen) atoms. The van der Waals surface area contributed by atoms with Crippen LogP contribution in [0.2, 0.25) is 0 Å². The lowest BCUT2D eigenvalue weighted by molar-refractivity contribution is 0.0938. The molecular weight excluding hydrogens is 238 g/mol. The molecule has 0 spiro atoms. The Hall–Kier alpha value is -1.63. The molecule has 92 valence electrons. The Bertz CT molecular complexity index is 432. The number of hydrogen-bond acceptors (Lipinski definition) is 3. The number of rotatable bonds is 2. The molecule has 0 unspecified atom stereocenters. The monoisotopic (exact) mass is 253 g/mol. The number of thiocarbonyl (C=S) groups is 1. The quantitative estimate of drug-likeness (QED) is 0.511. The van der Waals surface area contributed by atoms with Gasteiger partial charge in [-0.2, -0.15) is 5.10 Å². The zero-order valence-corrected chi connectivity index (χ0v) is 10.6. The molecule has 0 radical (unpaired) electrons. The number of aromatic nitrogens is 2. The van der Waals surface area contributed by atoms with Gasteiger partial charge >= 0.3 is 0 Å². The van der Waals surface area contributed by atoms with Crippen molar-refractivity contribution in [3.05, 3.63) is 17.5 Å². The zero-order valence-electron chi connectivity index (χ0n) is 9.78. The molecule has 1 saturated carbocycles. The predicted octanol–water partition coefficient (Wildman–Crippen LogP) is -0.000180. The van der Waals surface area contributed by atoms with Gasteiger partial charge in [-0.25, -0.2) is 0 Å². The first-order chi connectivity index (χ1) is 8.06. The van der Waals surface area contributed by atoms with E-state index in [1.165, 1.54) is 0 Å². The molecule has 6 nitrogen and oxygen atoms in total. The van der Waals surface area contributed by atoms with E-state index in [2.05, 4.69) is 21.3 Å². The minimum Gasteiger partial charge on any atom is -0.359 e. The number of aryl methyl sites for hydroxylation is 2. The molecule has 1 fully saturated rings. The summed E-state index contributed by atoms with van der Waals surface area (Å²) < 4.78 is 1.65. The van der Waals surface area contributed by atoms with Crippen LogP contribution in [0, 0.1) is 6.92 Å². The molecule has 0 saturated heterocycles. The van der Waals surface area contributed by atoms with Crippen LogP contribution in [0.5, 0.6) is 0 Å². The van der Waals surface area contributed by atoms with Crippen molar-refractivity contribution in [3.8, 4) is 0 Å². The fourth-order valence-electron chi connectivity index (χ4n) is 1.30. The van der Waals surface area contributed by atoms with Crippen LogP contribution in [0.3, 0.4) is 0 Å². The van der Waals surface area contributed by atoms with Crippen LogP contribution in [0.4, 0.5) is 0 Å². The molecule has 1 amide bonds. The van der Waals surface area contributed by atoms with Crippen molar-refractivity contribution in [2.45, 2.75) is 25.8 Å². The number of hydrogen-bond donors (Lipinski definition) is 3. The number of amides is 1. The molecule has 1 aliphatic carbocycles. The fourth-order valence-corrected chi connectivity index (χ4v) is 1.52. The van der Waals surface area contributed by atoms with Crippen LogP contribution in [-0.4, -0.2) is 26.8 Å². The minimum absolute atomic E-state index is 0.298.